The summed E-state index contributed by atoms with van der Waals surface area (Å²) in [6, 6.07) is 14.5. The van der Waals surface area contributed by atoms with E-state index in [0.717, 1.165) is 6.42 Å². The topological polar surface area (TPSA) is 23.8 Å². The summed E-state index contributed by atoms with van der Waals surface area (Å²) in [6.45, 7) is 0. The highest BCUT2D eigenvalue weighted by Gasteiger charge is 2.06. The fourth-order valence-electron chi connectivity index (χ4n) is 2.07. The normalized spacial score (nSPS) is 10.9. The lowest BCUT2D eigenvalue weighted by molar-refractivity contribution is 1.29. The maximum Gasteiger partial charge on any atom is 0.152 e. The average Bonchev–Trinajstić information content (AvgIpc) is 2.40. The highest BCUT2D eigenvalue weighted by atomic mass is 14.2. The largest absolute Gasteiger partial charge is 0.183 e. The quantitative estimate of drug-likeness (QED) is 0.619. The summed E-state index contributed by atoms with van der Waals surface area (Å²) in [5.41, 5.74) is 2.81. The third kappa shape index (κ3) is 2.19. The number of hydrogen-bond acceptors (Lipinski definition) is 1. The Kier molecular flexibility index (Phi) is 3.24. The van der Waals surface area contributed by atoms with Crippen LogP contribution in [-0.2, 0) is 6.42 Å². The second-order valence-electron chi connectivity index (χ2n) is 3.73. The van der Waals surface area contributed by atoms with Crippen LogP contribution in [0, 0.1) is 23.7 Å². The molecule has 1 heteroatoms. The van der Waals surface area contributed by atoms with Gasteiger partial charge in [-0.25, -0.2) is 0 Å². The first-order valence-corrected chi connectivity index (χ1v) is 5.38. The molecule has 0 atom stereocenters. The molecule has 0 radical (unpaired) electrons. The van der Waals surface area contributed by atoms with Crippen LogP contribution in [0.5, 0.6) is 0 Å². The maximum atomic E-state index is 7.39. The van der Waals surface area contributed by atoms with E-state index in [0.29, 0.717) is 0 Å². The van der Waals surface area contributed by atoms with E-state index in [2.05, 4.69) is 55.0 Å². The van der Waals surface area contributed by atoms with Gasteiger partial charge in [-0.2, -0.15) is 5.26 Å². The van der Waals surface area contributed by atoms with Crippen molar-refractivity contribution in [1.29, 1.82) is 5.26 Å². The Balaban J connectivity index is 0.000000239. The smallest absolute Gasteiger partial charge is 0.152 e. The van der Waals surface area contributed by atoms with Gasteiger partial charge < -0.3 is 0 Å². The van der Waals surface area contributed by atoms with Crippen LogP contribution >= 0.6 is 0 Å². The molecule has 0 heterocycles. The molecule has 0 fully saturated rings. The van der Waals surface area contributed by atoms with Crippen LogP contribution < -0.4 is 0 Å². The van der Waals surface area contributed by atoms with Crippen LogP contribution in [0.15, 0.2) is 42.5 Å². The van der Waals surface area contributed by atoms with Crippen LogP contribution in [0.3, 0.4) is 0 Å². The number of terminal acetylenes is 1. The number of hydrogen-bond donors (Lipinski definition) is 0. The highest BCUT2D eigenvalue weighted by molar-refractivity contribution is 5.94. The molecule has 0 aliphatic heterocycles. The van der Waals surface area contributed by atoms with Crippen molar-refractivity contribution in [2.24, 2.45) is 0 Å². The Morgan fingerprint density at radius 3 is 2.53 bits per heavy atom. The number of allylic oxidation sites excluding steroid dienone is 1. The van der Waals surface area contributed by atoms with Gasteiger partial charge in [0.1, 0.15) is 0 Å². The van der Waals surface area contributed by atoms with E-state index in [9.17, 15) is 0 Å². The van der Waals surface area contributed by atoms with E-state index in [1.165, 1.54) is 28.0 Å². The van der Waals surface area contributed by atoms with Crippen molar-refractivity contribution < 1.29 is 0 Å². The molecule has 0 N–H and O–H groups in total. The predicted molar refractivity (Wildman–Crippen MR) is 71.1 cm³/mol. The van der Waals surface area contributed by atoms with Gasteiger partial charge in [0, 0.05) is 5.92 Å². The van der Waals surface area contributed by atoms with E-state index in [4.69, 9.17) is 5.26 Å². The Labute approximate surface area is 101 Å². The van der Waals surface area contributed by atoms with Crippen LogP contribution in [0.2, 0.25) is 0 Å². The van der Waals surface area contributed by atoms with E-state index in [1.54, 1.807) is 5.92 Å². The number of nitriles is 1. The van der Waals surface area contributed by atoms with Crippen molar-refractivity contribution in [3.8, 4) is 18.4 Å². The minimum Gasteiger partial charge on any atom is -0.183 e. The van der Waals surface area contributed by atoms with Gasteiger partial charge in [-0.05, 0) is 28.3 Å². The maximum absolute atomic E-state index is 7.39. The lowest BCUT2D eigenvalue weighted by Crippen LogP contribution is -1.91. The van der Waals surface area contributed by atoms with E-state index < -0.39 is 0 Å². The molecule has 0 bridgehead atoms. The SMILES string of the molecule is C#CC#N.C1=Cc2cccc3cccc(c23)C1. The lowest BCUT2D eigenvalue weighted by atomic mass is 9.93. The summed E-state index contributed by atoms with van der Waals surface area (Å²) in [6.07, 6.45) is 9.95. The second kappa shape index (κ2) is 5.01. The van der Waals surface area contributed by atoms with Crippen molar-refractivity contribution in [3.63, 3.8) is 0 Å². The third-order valence-electron chi connectivity index (χ3n) is 2.72. The van der Waals surface area contributed by atoms with Crippen LogP contribution in [-0.4, -0.2) is 0 Å². The first-order valence-electron chi connectivity index (χ1n) is 5.38. The second-order valence-corrected chi connectivity index (χ2v) is 3.73. The molecule has 1 nitrogen and oxygen atoms in total. The minimum absolute atomic E-state index is 1.08. The monoisotopic (exact) mass is 217 g/mol. The van der Waals surface area contributed by atoms with Crippen LogP contribution in [0.4, 0.5) is 0 Å². The molecule has 2 aromatic rings. The van der Waals surface area contributed by atoms with Gasteiger partial charge in [0.25, 0.3) is 0 Å². The molecule has 0 amide bonds. The highest BCUT2D eigenvalue weighted by Crippen LogP contribution is 2.27. The molecule has 1 aliphatic carbocycles. The lowest BCUT2D eigenvalue weighted by Gasteiger charge is -2.11. The van der Waals surface area contributed by atoms with E-state index in [-0.39, 0.29) is 0 Å². The van der Waals surface area contributed by atoms with Gasteiger partial charge in [-0.15, -0.1) is 6.42 Å². The minimum atomic E-state index is 1.08. The Bertz CT molecular complexity index is 634. The van der Waals surface area contributed by atoms with Gasteiger partial charge >= 0.3 is 0 Å². The van der Waals surface area contributed by atoms with E-state index >= 15 is 0 Å². The predicted octanol–water partition coefficient (Wildman–Crippen LogP) is 3.55. The number of rotatable bonds is 0. The molecule has 80 valence electrons. The first-order chi connectivity index (χ1) is 8.36. The zero-order chi connectivity index (χ0) is 12.1. The molecule has 3 rings (SSSR count). The van der Waals surface area contributed by atoms with Crippen molar-refractivity contribution in [1.82, 2.24) is 0 Å². The zero-order valence-corrected chi connectivity index (χ0v) is 9.35. The van der Waals surface area contributed by atoms with E-state index in [1.807, 2.05) is 0 Å². The first kappa shape index (κ1) is 11.0. The van der Waals surface area contributed by atoms with Gasteiger partial charge in [0.15, 0.2) is 6.07 Å². The Hall–Kier alpha value is -2.51. The molecule has 0 unspecified atom stereocenters. The van der Waals surface area contributed by atoms with Gasteiger partial charge in [0.2, 0.25) is 0 Å². The molecule has 0 saturated carbocycles. The summed E-state index contributed by atoms with van der Waals surface area (Å²) in [7, 11) is 0. The summed E-state index contributed by atoms with van der Waals surface area (Å²) in [5.74, 6) is 1.74. The van der Waals surface area contributed by atoms with Crippen LogP contribution in [0.25, 0.3) is 16.8 Å². The number of benzene rings is 2. The molecule has 0 aromatic heterocycles. The zero-order valence-electron chi connectivity index (χ0n) is 9.35. The average molecular weight is 217 g/mol. The van der Waals surface area contributed by atoms with Gasteiger partial charge in [-0.1, -0.05) is 48.6 Å². The fraction of sp³-hybridized carbons (Fsp3) is 0.0625. The van der Waals surface area contributed by atoms with Gasteiger partial charge in [0.05, 0.1) is 0 Å². The standard InChI is InChI=1S/C13H10.C3HN/c1-4-10-6-2-8-12-9-3-7-11(5-1)13(10)12;1-2-3-4/h1-8H,9H2;1H. The summed E-state index contributed by atoms with van der Waals surface area (Å²) in [5, 5.41) is 10.2. The van der Waals surface area contributed by atoms with Crippen molar-refractivity contribution >= 4 is 16.8 Å². The van der Waals surface area contributed by atoms with Crippen molar-refractivity contribution in [2.75, 3.05) is 0 Å². The summed E-state index contributed by atoms with van der Waals surface area (Å²) >= 11 is 0. The molecule has 1 aliphatic rings. The van der Waals surface area contributed by atoms with Crippen molar-refractivity contribution in [3.05, 3.63) is 53.6 Å². The fourth-order valence-corrected chi connectivity index (χ4v) is 2.07. The molecular formula is C16H11N. The molecular weight excluding hydrogens is 206 g/mol. The molecule has 2 aromatic carbocycles. The summed E-state index contributed by atoms with van der Waals surface area (Å²) < 4.78 is 0. The van der Waals surface area contributed by atoms with Crippen molar-refractivity contribution in [2.45, 2.75) is 6.42 Å². The molecule has 17 heavy (non-hydrogen) atoms. The Morgan fingerprint density at radius 2 is 1.82 bits per heavy atom. The van der Waals surface area contributed by atoms with Gasteiger partial charge in [-0.3, -0.25) is 0 Å². The Morgan fingerprint density at radius 1 is 1.12 bits per heavy atom. The molecule has 0 spiro atoms. The van der Waals surface area contributed by atoms with Crippen LogP contribution in [0.1, 0.15) is 11.1 Å². The molecule has 0 saturated heterocycles. The summed E-state index contributed by atoms with van der Waals surface area (Å²) in [4.78, 5) is 0. The number of nitrogens with zero attached hydrogens (tertiary/aromatic N) is 1. The third-order valence-corrected chi connectivity index (χ3v) is 2.72.